The molecule has 1 aromatic carbocycles. The van der Waals surface area contributed by atoms with Crippen LogP contribution in [0, 0.1) is 5.82 Å². The molecule has 2 aliphatic rings. The van der Waals surface area contributed by atoms with E-state index in [1.165, 1.54) is 31.4 Å². The van der Waals surface area contributed by atoms with Crippen LogP contribution in [0.3, 0.4) is 0 Å². The second kappa shape index (κ2) is 6.29. The van der Waals surface area contributed by atoms with Gasteiger partial charge in [0.1, 0.15) is 12.4 Å². The topological polar surface area (TPSA) is 24.8 Å². The van der Waals surface area contributed by atoms with Crippen LogP contribution in [0.1, 0.15) is 32.1 Å². The van der Waals surface area contributed by atoms with E-state index in [0.717, 1.165) is 18.5 Å². The minimum Gasteiger partial charge on any atom is -0.462 e. The van der Waals surface area contributed by atoms with Crippen molar-refractivity contribution in [1.29, 1.82) is 0 Å². The molecule has 2 fully saturated rings. The first kappa shape index (κ1) is 14.1. The Morgan fingerprint density at radius 1 is 1.19 bits per heavy atom. The zero-order chi connectivity index (χ0) is 14.7. The molecular formula is C17H21FN2O. The van der Waals surface area contributed by atoms with Gasteiger partial charge in [-0.2, -0.15) is 0 Å². The Bertz CT molecular complexity index is 520. The fourth-order valence-electron chi connectivity index (χ4n) is 2.99. The SMILES string of the molecule is C=CC1COC(=NC2CCCCC2)N1c1ccc(F)cc1. The summed E-state index contributed by atoms with van der Waals surface area (Å²) in [6.45, 7) is 4.41. The van der Waals surface area contributed by atoms with Gasteiger partial charge in [0.25, 0.3) is 6.02 Å². The number of aliphatic imine (C=N–C) groups is 1. The van der Waals surface area contributed by atoms with Crippen molar-refractivity contribution in [1.82, 2.24) is 0 Å². The number of halogens is 1. The molecule has 0 spiro atoms. The van der Waals surface area contributed by atoms with Gasteiger partial charge in [0.05, 0.1) is 12.1 Å². The molecule has 0 N–H and O–H groups in total. The first-order valence-electron chi connectivity index (χ1n) is 7.66. The summed E-state index contributed by atoms with van der Waals surface area (Å²) in [7, 11) is 0. The van der Waals surface area contributed by atoms with Crippen LogP contribution in [-0.2, 0) is 4.74 Å². The minimum absolute atomic E-state index is 0.0535. The number of amidine groups is 1. The monoisotopic (exact) mass is 288 g/mol. The Labute approximate surface area is 125 Å². The standard InChI is InChI=1S/C17H21FN2O/c1-2-15-12-21-17(19-14-6-4-3-5-7-14)20(15)16-10-8-13(18)9-11-16/h2,8-11,14-15H,1,3-7,12H2. The average Bonchev–Trinajstić information content (AvgIpc) is 2.92. The summed E-state index contributed by atoms with van der Waals surface area (Å²) in [5, 5.41) is 0. The van der Waals surface area contributed by atoms with Crippen molar-refractivity contribution in [3.8, 4) is 0 Å². The Morgan fingerprint density at radius 3 is 2.57 bits per heavy atom. The van der Waals surface area contributed by atoms with E-state index < -0.39 is 0 Å². The van der Waals surface area contributed by atoms with Gasteiger partial charge in [-0.05, 0) is 37.1 Å². The molecule has 3 rings (SSSR count). The van der Waals surface area contributed by atoms with Gasteiger partial charge in [-0.1, -0.05) is 25.3 Å². The van der Waals surface area contributed by atoms with Crippen LogP contribution < -0.4 is 4.90 Å². The van der Waals surface area contributed by atoms with Gasteiger partial charge in [0.2, 0.25) is 0 Å². The number of hydrogen-bond acceptors (Lipinski definition) is 2. The lowest BCUT2D eigenvalue weighted by atomic mass is 9.96. The molecule has 0 bridgehead atoms. The highest BCUT2D eigenvalue weighted by Crippen LogP contribution is 2.27. The maximum Gasteiger partial charge on any atom is 0.292 e. The molecule has 0 amide bonds. The first-order chi connectivity index (χ1) is 10.3. The molecular weight excluding hydrogens is 267 g/mol. The van der Waals surface area contributed by atoms with E-state index in [1.54, 1.807) is 12.1 Å². The summed E-state index contributed by atoms with van der Waals surface area (Å²) in [5.41, 5.74) is 0.897. The van der Waals surface area contributed by atoms with Crippen LogP contribution in [0.2, 0.25) is 0 Å². The Morgan fingerprint density at radius 2 is 1.90 bits per heavy atom. The highest BCUT2D eigenvalue weighted by atomic mass is 19.1. The molecule has 1 heterocycles. The third-order valence-corrected chi connectivity index (χ3v) is 4.17. The molecule has 1 aromatic rings. The predicted octanol–water partition coefficient (Wildman–Crippen LogP) is 3.91. The maximum atomic E-state index is 13.1. The van der Waals surface area contributed by atoms with E-state index in [1.807, 2.05) is 11.0 Å². The molecule has 1 atom stereocenters. The van der Waals surface area contributed by atoms with Crippen LogP contribution in [-0.4, -0.2) is 24.7 Å². The summed E-state index contributed by atoms with van der Waals surface area (Å²) < 4.78 is 18.9. The molecule has 4 heteroatoms. The normalized spacial score (nSPS) is 25.1. The lowest BCUT2D eigenvalue weighted by Crippen LogP contribution is -2.33. The molecule has 1 saturated carbocycles. The maximum absolute atomic E-state index is 13.1. The molecule has 21 heavy (non-hydrogen) atoms. The van der Waals surface area contributed by atoms with Crippen molar-refractivity contribution < 1.29 is 9.13 Å². The lowest BCUT2D eigenvalue weighted by Gasteiger charge is -2.23. The number of benzene rings is 1. The highest BCUT2D eigenvalue weighted by molar-refractivity contribution is 5.94. The van der Waals surface area contributed by atoms with Crippen LogP contribution in [0.5, 0.6) is 0 Å². The number of rotatable bonds is 3. The van der Waals surface area contributed by atoms with Crippen molar-refractivity contribution in [3.63, 3.8) is 0 Å². The Kier molecular flexibility index (Phi) is 4.23. The summed E-state index contributed by atoms with van der Waals surface area (Å²) in [4.78, 5) is 6.81. The smallest absolute Gasteiger partial charge is 0.292 e. The number of nitrogens with zero attached hydrogens (tertiary/aromatic N) is 2. The molecule has 112 valence electrons. The number of anilines is 1. The summed E-state index contributed by atoms with van der Waals surface area (Å²) in [5.74, 6) is -0.236. The van der Waals surface area contributed by atoms with E-state index in [2.05, 4.69) is 6.58 Å². The van der Waals surface area contributed by atoms with Gasteiger partial charge >= 0.3 is 0 Å². The fraction of sp³-hybridized carbons (Fsp3) is 0.471. The second-order valence-electron chi connectivity index (χ2n) is 5.66. The third-order valence-electron chi connectivity index (χ3n) is 4.17. The van der Waals surface area contributed by atoms with Gasteiger partial charge in [-0.25, -0.2) is 9.38 Å². The van der Waals surface area contributed by atoms with Crippen LogP contribution >= 0.6 is 0 Å². The van der Waals surface area contributed by atoms with Crippen molar-refractivity contribution in [2.45, 2.75) is 44.2 Å². The molecule has 0 radical (unpaired) electrons. The summed E-state index contributed by atoms with van der Waals surface area (Å²) in [6.07, 6.45) is 7.89. The minimum atomic E-state index is -0.236. The summed E-state index contributed by atoms with van der Waals surface area (Å²) >= 11 is 0. The fourth-order valence-corrected chi connectivity index (χ4v) is 2.99. The van der Waals surface area contributed by atoms with E-state index in [-0.39, 0.29) is 11.9 Å². The number of ether oxygens (including phenoxy) is 1. The molecule has 0 aromatic heterocycles. The van der Waals surface area contributed by atoms with Crippen molar-refractivity contribution in [2.75, 3.05) is 11.5 Å². The van der Waals surface area contributed by atoms with Crippen molar-refractivity contribution in [2.24, 2.45) is 4.99 Å². The van der Waals surface area contributed by atoms with Crippen molar-refractivity contribution >= 4 is 11.7 Å². The predicted molar refractivity (Wildman–Crippen MR) is 83.1 cm³/mol. The van der Waals surface area contributed by atoms with E-state index >= 15 is 0 Å². The Hall–Kier alpha value is -1.84. The third kappa shape index (κ3) is 3.09. The molecule has 3 nitrogen and oxygen atoms in total. The van der Waals surface area contributed by atoms with E-state index in [9.17, 15) is 4.39 Å². The zero-order valence-electron chi connectivity index (χ0n) is 12.2. The average molecular weight is 288 g/mol. The quantitative estimate of drug-likeness (QED) is 0.788. The van der Waals surface area contributed by atoms with E-state index in [4.69, 9.17) is 9.73 Å². The van der Waals surface area contributed by atoms with Gasteiger partial charge in [0.15, 0.2) is 0 Å². The van der Waals surface area contributed by atoms with Gasteiger partial charge in [-0.3, -0.25) is 4.90 Å². The largest absolute Gasteiger partial charge is 0.462 e. The van der Waals surface area contributed by atoms with Crippen LogP contribution in [0.4, 0.5) is 10.1 Å². The molecule has 1 saturated heterocycles. The van der Waals surface area contributed by atoms with Crippen molar-refractivity contribution in [3.05, 3.63) is 42.7 Å². The molecule has 1 aliphatic carbocycles. The highest BCUT2D eigenvalue weighted by Gasteiger charge is 2.31. The summed E-state index contributed by atoms with van der Waals surface area (Å²) in [6, 6.07) is 7.50. The van der Waals surface area contributed by atoms with Gasteiger partial charge < -0.3 is 4.74 Å². The van der Waals surface area contributed by atoms with Gasteiger partial charge in [0, 0.05) is 5.69 Å². The number of hydrogen-bond donors (Lipinski definition) is 0. The zero-order valence-corrected chi connectivity index (χ0v) is 12.2. The van der Waals surface area contributed by atoms with Crippen LogP contribution in [0.25, 0.3) is 0 Å². The van der Waals surface area contributed by atoms with E-state index in [0.29, 0.717) is 18.7 Å². The molecule has 1 unspecified atom stereocenters. The Balaban J connectivity index is 1.86. The second-order valence-corrected chi connectivity index (χ2v) is 5.66. The van der Waals surface area contributed by atoms with Gasteiger partial charge in [-0.15, -0.1) is 6.58 Å². The molecule has 1 aliphatic heterocycles. The van der Waals surface area contributed by atoms with Crippen LogP contribution in [0.15, 0.2) is 41.9 Å². The lowest BCUT2D eigenvalue weighted by molar-refractivity contribution is 0.331. The first-order valence-corrected chi connectivity index (χ1v) is 7.66.